The molecule has 1 aromatic rings. The molecule has 2 unspecified atom stereocenters. The molecule has 0 spiro atoms. The van der Waals surface area contributed by atoms with Crippen molar-refractivity contribution in [3.8, 4) is 11.5 Å². The summed E-state index contributed by atoms with van der Waals surface area (Å²) in [6, 6.07) is 5.73. The van der Waals surface area contributed by atoms with Gasteiger partial charge in [-0.05, 0) is 13.0 Å². The molecule has 0 aliphatic rings. The third kappa shape index (κ3) is 4.31. The predicted octanol–water partition coefficient (Wildman–Crippen LogP) is 1.56. The van der Waals surface area contributed by atoms with Crippen LogP contribution in [-0.4, -0.2) is 36.5 Å². The lowest BCUT2D eigenvalue weighted by molar-refractivity contribution is 0.390. The minimum atomic E-state index is -0.794. The molecule has 4 nitrogen and oxygen atoms in total. The summed E-state index contributed by atoms with van der Waals surface area (Å²) >= 11 is 0. The Labute approximate surface area is 111 Å². The summed E-state index contributed by atoms with van der Waals surface area (Å²) in [5.74, 6) is 1.57. The van der Waals surface area contributed by atoms with Gasteiger partial charge in [-0.3, -0.25) is 4.21 Å². The number of methoxy groups -OCH3 is 2. The summed E-state index contributed by atoms with van der Waals surface area (Å²) in [5, 5.41) is 3.43. The molecular formula is C13H21NO3S. The molecule has 0 heterocycles. The highest BCUT2D eigenvalue weighted by molar-refractivity contribution is 7.84. The van der Waals surface area contributed by atoms with Crippen LogP contribution < -0.4 is 14.8 Å². The Hall–Kier alpha value is -1.07. The van der Waals surface area contributed by atoms with Crippen molar-refractivity contribution in [1.82, 2.24) is 5.32 Å². The Morgan fingerprint density at radius 2 is 2.06 bits per heavy atom. The van der Waals surface area contributed by atoms with Crippen LogP contribution in [0, 0.1) is 0 Å². The third-order valence-corrected chi connectivity index (χ3v) is 4.11. The predicted molar refractivity (Wildman–Crippen MR) is 74.8 cm³/mol. The van der Waals surface area contributed by atoms with Gasteiger partial charge < -0.3 is 14.8 Å². The monoisotopic (exact) mass is 271 g/mol. The minimum Gasteiger partial charge on any atom is -0.497 e. The maximum Gasteiger partial charge on any atom is 0.127 e. The lowest BCUT2D eigenvalue weighted by Crippen LogP contribution is -2.27. The van der Waals surface area contributed by atoms with Gasteiger partial charge in [0.15, 0.2) is 0 Å². The topological polar surface area (TPSA) is 47.6 Å². The SMILES string of the molecule is COc1ccc(CNCC(C)S(C)=O)c(OC)c1. The number of rotatable bonds is 7. The Kier molecular flexibility index (Phi) is 6.15. The standard InChI is InChI=1S/C13H21NO3S/c1-10(18(4)15)8-14-9-11-5-6-12(16-2)7-13(11)17-3/h5-7,10,14H,8-9H2,1-4H3. The number of ether oxygens (including phenoxy) is 2. The number of nitrogens with one attached hydrogen (secondary N) is 1. The van der Waals surface area contributed by atoms with Crippen LogP contribution in [-0.2, 0) is 17.3 Å². The van der Waals surface area contributed by atoms with Crippen LogP contribution in [0.3, 0.4) is 0 Å². The van der Waals surface area contributed by atoms with Gasteiger partial charge in [-0.15, -0.1) is 0 Å². The van der Waals surface area contributed by atoms with Crippen LogP contribution in [0.5, 0.6) is 11.5 Å². The van der Waals surface area contributed by atoms with Gasteiger partial charge >= 0.3 is 0 Å². The second kappa shape index (κ2) is 7.38. The Balaban J connectivity index is 2.59. The molecule has 0 radical (unpaired) electrons. The van der Waals surface area contributed by atoms with Gasteiger partial charge in [-0.2, -0.15) is 0 Å². The Morgan fingerprint density at radius 1 is 1.33 bits per heavy atom. The summed E-state index contributed by atoms with van der Waals surface area (Å²) in [4.78, 5) is 0. The van der Waals surface area contributed by atoms with Crippen molar-refractivity contribution >= 4 is 10.8 Å². The summed E-state index contributed by atoms with van der Waals surface area (Å²) in [6.07, 6.45) is 1.72. The van der Waals surface area contributed by atoms with E-state index >= 15 is 0 Å². The van der Waals surface area contributed by atoms with Gasteiger partial charge in [0.1, 0.15) is 11.5 Å². The average Bonchev–Trinajstić information content (AvgIpc) is 2.38. The lowest BCUT2D eigenvalue weighted by atomic mass is 10.2. The molecule has 0 saturated carbocycles. The van der Waals surface area contributed by atoms with Crippen LogP contribution in [0.25, 0.3) is 0 Å². The molecule has 0 aliphatic carbocycles. The first-order valence-electron chi connectivity index (χ1n) is 5.82. The zero-order chi connectivity index (χ0) is 13.5. The first-order chi connectivity index (χ1) is 8.58. The van der Waals surface area contributed by atoms with E-state index in [2.05, 4.69) is 5.32 Å². The van der Waals surface area contributed by atoms with E-state index in [-0.39, 0.29) is 5.25 Å². The van der Waals surface area contributed by atoms with E-state index in [0.29, 0.717) is 6.54 Å². The third-order valence-electron chi connectivity index (χ3n) is 2.81. The number of benzene rings is 1. The van der Waals surface area contributed by atoms with E-state index in [1.807, 2.05) is 25.1 Å². The molecule has 5 heteroatoms. The van der Waals surface area contributed by atoms with Crippen LogP contribution in [0.15, 0.2) is 18.2 Å². The van der Waals surface area contributed by atoms with E-state index in [0.717, 1.165) is 23.6 Å². The molecule has 102 valence electrons. The Morgan fingerprint density at radius 3 is 2.61 bits per heavy atom. The lowest BCUT2D eigenvalue weighted by Gasteiger charge is -2.13. The van der Waals surface area contributed by atoms with Gasteiger partial charge in [-0.25, -0.2) is 0 Å². The largest absolute Gasteiger partial charge is 0.497 e. The second-order valence-corrected chi connectivity index (χ2v) is 5.92. The van der Waals surface area contributed by atoms with E-state index in [1.54, 1.807) is 20.5 Å². The summed E-state index contributed by atoms with van der Waals surface area (Å²) < 4.78 is 21.7. The van der Waals surface area contributed by atoms with E-state index in [9.17, 15) is 4.21 Å². The molecular weight excluding hydrogens is 250 g/mol. The zero-order valence-electron chi connectivity index (χ0n) is 11.4. The van der Waals surface area contributed by atoms with Crippen molar-refractivity contribution in [1.29, 1.82) is 0 Å². The van der Waals surface area contributed by atoms with Crippen LogP contribution >= 0.6 is 0 Å². The van der Waals surface area contributed by atoms with Crippen molar-refractivity contribution in [3.63, 3.8) is 0 Å². The first-order valence-corrected chi connectivity index (χ1v) is 7.44. The molecule has 2 atom stereocenters. The summed E-state index contributed by atoms with van der Waals surface area (Å²) in [5.41, 5.74) is 1.06. The maximum absolute atomic E-state index is 11.2. The van der Waals surface area contributed by atoms with Crippen molar-refractivity contribution in [2.24, 2.45) is 0 Å². The number of hydrogen-bond acceptors (Lipinski definition) is 4. The van der Waals surface area contributed by atoms with Gasteiger partial charge in [0.25, 0.3) is 0 Å². The molecule has 1 rings (SSSR count). The highest BCUT2D eigenvalue weighted by Crippen LogP contribution is 2.24. The molecule has 0 amide bonds. The Bertz CT molecular complexity index is 409. The van der Waals surface area contributed by atoms with Gasteiger partial charge in [0, 0.05) is 47.0 Å². The normalized spacial score (nSPS) is 14.0. The summed E-state index contributed by atoms with van der Waals surface area (Å²) in [7, 11) is 2.48. The van der Waals surface area contributed by atoms with Gasteiger partial charge in [0.05, 0.1) is 14.2 Å². The van der Waals surface area contributed by atoms with Crippen LogP contribution in [0.2, 0.25) is 0 Å². The fourth-order valence-corrected chi connectivity index (χ4v) is 1.88. The molecule has 0 bridgehead atoms. The quantitative estimate of drug-likeness (QED) is 0.817. The maximum atomic E-state index is 11.2. The highest BCUT2D eigenvalue weighted by atomic mass is 32.2. The zero-order valence-corrected chi connectivity index (χ0v) is 12.2. The van der Waals surface area contributed by atoms with E-state index in [1.165, 1.54) is 0 Å². The van der Waals surface area contributed by atoms with Crippen molar-refractivity contribution in [2.45, 2.75) is 18.7 Å². The minimum absolute atomic E-state index is 0.147. The van der Waals surface area contributed by atoms with Crippen LogP contribution in [0.1, 0.15) is 12.5 Å². The molecule has 0 saturated heterocycles. The smallest absolute Gasteiger partial charge is 0.127 e. The molecule has 0 fully saturated rings. The number of hydrogen-bond donors (Lipinski definition) is 1. The average molecular weight is 271 g/mol. The van der Waals surface area contributed by atoms with Crippen molar-refractivity contribution in [2.75, 3.05) is 27.0 Å². The van der Waals surface area contributed by atoms with E-state index in [4.69, 9.17) is 9.47 Å². The van der Waals surface area contributed by atoms with Crippen molar-refractivity contribution < 1.29 is 13.7 Å². The van der Waals surface area contributed by atoms with Gasteiger partial charge in [-0.1, -0.05) is 6.07 Å². The molecule has 0 aromatic heterocycles. The van der Waals surface area contributed by atoms with Crippen molar-refractivity contribution in [3.05, 3.63) is 23.8 Å². The molecule has 0 aliphatic heterocycles. The van der Waals surface area contributed by atoms with E-state index < -0.39 is 10.8 Å². The summed E-state index contributed by atoms with van der Waals surface area (Å²) in [6.45, 7) is 3.38. The van der Waals surface area contributed by atoms with Crippen LogP contribution in [0.4, 0.5) is 0 Å². The molecule has 1 N–H and O–H groups in total. The fraction of sp³-hybridized carbons (Fsp3) is 0.538. The molecule has 1 aromatic carbocycles. The second-order valence-electron chi connectivity index (χ2n) is 4.12. The highest BCUT2D eigenvalue weighted by Gasteiger charge is 2.08. The van der Waals surface area contributed by atoms with Gasteiger partial charge in [0.2, 0.25) is 0 Å². The molecule has 18 heavy (non-hydrogen) atoms. The fourth-order valence-electron chi connectivity index (χ4n) is 1.53. The first kappa shape index (κ1) is 15.0.